The van der Waals surface area contributed by atoms with Gasteiger partial charge in [0.05, 0.1) is 13.0 Å². The molecule has 0 heterocycles. The summed E-state index contributed by atoms with van der Waals surface area (Å²) < 4.78 is 4.69. The minimum absolute atomic E-state index is 0.0593. The summed E-state index contributed by atoms with van der Waals surface area (Å²) in [5.74, 6) is -0.838. The van der Waals surface area contributed by atoms with Crippen LogP contribution in [-0.2, 0) is 14.3 Å². The minimum atomic E-state index is -1.07. The van der Waals surface area contributed by atoms with Crippen LogP contribution in [0.5, 0.6) is 0 Å². The van der Waals surface area contributed by atoms with Gasteiger partial charge >= 0.3 is 18.0 Å². The van der Waals surface area contributed by atoms with E-state index < -0.39 is 24.0 Å². The molecule has 0 aromatic carbocycles. The number of nitrogens with one attached hydrogen (secondary N) is 2. The lowest BCUT2D eigenvalue weighted by Crippen LogP contribution is -2.46. The summed E-state index contributed by atoms with van der Waals surface area (Å²) in [4.78, 5) is 33.3. The summed E-state index contributed by atoms with van der Waals surface area (Å²) in [6.07, 6.45) is 2.27. The first kappa shape index (κ1) is 17.6. The lowest BCUT2D eigenvalue weighted by atomic mass is 10.2. The normalized spacial score (nSPS) is 11.5. The van der Waals surface area contributed by atoms with Crippen molar-refractivity contribution in [1.29, 1.82) is 0 Å². The average molecular weight is 292 g/mol. The van der Waals surface area contributed by atoms with Crippen LogP contribution in [-0.4, -0.2) is 54.3 Å². The lowest BCUT2D eigenvalue weighted by Gasteiger charge is -2.14. The third kappa shape index (κ3) is 9.18. The van der Waals surface area contributed by atoms with E-state index in [-0.39, 0.29) is 13.0 Å². The van der Waals surface area contributed by atoms with Crippen LogP contribution in [0.4, 0.5) is 4.79 Å². The van der Waals surface area contributed by atoms with Gasteiger partial charge < -0.3 is 20.5 Å². The van der Waals surface area contributed by atoms with Gasteiger partial charge in [0.1, 0.15) is 6.04 Å². The molecule has 0 aliphatic heterocycles. The molecular formula is C11H20N2O5S. The second kappa shape index (κ2) is 10.5. The van der Waals surface area contributed by atoms with Crippen molar-refractivity contribution in [1.82, 2.24) is 10.6 Å². The number of thioether (sulfide) groups is 1. The first-order valence-corrected chi connectivity index (χ1v) is 7.32. The standard InChI is InChI=1S/C11H20N2O5S/c1-3-18-9(14)4-6-12-11(17)13-8(10(15)16)5-7-19-2/h8H,3-7H2,1-2H3,(H,15,16)(H2,12,13,17)/t8-/m0/s1. The molecule has 3 N–H and O–H groups in total. The van der Waals surface area contributed by atoms with Gasteiger partial charge in [-0.05, 0) is 25.4 Å². The second-order valence-electron chi connectivity index (χ2n) is 3.63. The van der Waals surface area contributed by atoms with Crippen LogP contribution in [0.1, 0.15) is 19.8 Å². The molecule has 0 unspecified atom stereocenters. The number of carboxylic acids is 1. The van der Waals surface area contributed by atoms with Crippen molar-refractivity contribution in [2.45, 2.75) is 25.8 Å². The van der Waals surface area contributed by atoms with Gasteiger partial charge in [0.2, 0.25) is 0 Å². The van der Waals surface area contributed by atoms with Crippen LogP contribution >= 0.6 is 11.8 Å². The van der Waals surface area contributed by atoms with Crippen molar-refractivity contribution in [3.63, 3.8) is 0 Å². The Labute approximate surface area is 116 Å². The molecular weight excluding hydrogens is 272 g/mol. The van der Waals surface area contributed by atoms with Crippen molar-refractivity contribution in [3.05, 3.63) is 0 Å². The molecule has 1 atom stereocenters. The fourth-order valence-corrected chi connectivity index (χ4v) is 1.69. The number of carbonyl (C=O) groups is 3. The molecule has 0 rings (SSSR count). The van der Waals surface area contributed by atoms with E-state index in [1.54, 1.807) is 6.92 Å². The molecule has 0 aromatic rings. The zero-order valence-electron chi connectivity index (χ0n) is 11.1. The Morgan fingerprint density at radius 3 is 2.58 bits per heavy atom. The van der Waals surface area contributed by atoms with Crippen LogP contribution in [0.25, 0.3) is 0 Å². The topological polar surface area (TPSA) is 105 Å². The molecule has 19 heavy (non-hydrogen) atoms. The van der Waals surface area contributed by atoms with E-state index in [1.807, 2.05) is 6.26 Å². The van der Waals surface area contributed by atoms with E-state index in [0.717, 1.165) is 0 Å². The second-order valence-corrected chi connectivity index (χ2v) is 4.61. The Balaban J connectivity index is 3.93. The minimum Gasteiger partial charge on any atom is -0.480 e. The maximum Gasteiger partial charge on any atom is 0.326 e. The first-order valence-electron chi connectivity index (χ1n) is 5.93. The maximum atomic E-state index is 11.4. The third-order valence-corrected chi connectivity index (χ3v) is 2.78. The third-order valence-electron chi connectivity index (χ3n) is 2.13. The summed E-state index contributed by atoms with van der Waals surface area (Å²) in [5.41, 5.74) is 0. The van der Waals surface area contributed by atoms with Crippen LogP contribution < -0.4 is 10.6 Å². The fraction of sp³-hybridized carbons (Fsp3) is 0.727. The number of amides is 2. The highest BCUT2D eigenvalue weighted by molar-refractivity contribution is 7.98. The Bertz CT molecular complexity index is 311. The largest absolute Gasteiger partial charge is 0.480 e. The quantitative estimate of drug-likeness (QED) is 0.533. The fourth-order valence-electron chi connectivity index (χ4n) is 1.21. The number of urea groups is 1. The van der Waals surface area contributed by atoms with Gasteiger partial charge in [-0.15, -0.1) is 0 Å². The Kier molecular flexibility index (Phi) is 9.69. The Morgan fingerprint density at radius 1 is 1.37 bits per heavy atom. The molecule has 0 bridgehead atoms. The molecule has 0 fully saturated rings. The molecule has 0 saturated heterocycles. The number of ether oxygens (including phenoxy) is 1. The van der Waals surface area contributed by atoms with E-state index in [2.05, 4.69) is 15.4 Å². The summed E-state index contributed by atoms with van der Waals surface area (Å²) in [7, 11) is 0. The van der Waals surface area contributed by atoms with E-state index in [9.17, 15) is 14.4 Å². The molecule has 0 aliphatic rings. The number of aliphatic carboxylic acids is 1. The van der Waals surface area contributed by atoms with E-state index in [4.69, 9.17) is 5.11 Å². The number of hydrogen-bond donors (Lipinski definition) is 3. The number of hydrogen-bond acceptors (Lipinski definition) is 5. The van der Waals surface area contributed by atoms with Crippen molar-refractivity contribution in [2.75, 3.05) is 25.2 Å². The SMILES string of the molecule is CCOC(=O)CCNC(=O)N[C@@H](CCSC)C(=O)O. The smallest absolute Gasteiger partial charge is 0.326 e. The van der Waals surface area contributed by atoms with Gasteiger partial charge in [0.15, 0.2) is 0 Å². The summed E-state index contributed by atoms with van der Waals surface area (Å²) >= 11 is 1.51. The number of carboxylic acid groups (broad SMARTS) is 1. The monoisotopic (exact) mass is 292 g/mol. The van der Waals surface area contributed by atoms with Crippen molar-refractivity contribution in [3.8, 4) is 0 Å². The molecule has 0 spiro atoms. The highest BCUT2D eigenvalue weighted by Crippen LogP contribution is 2.00. The van der Waals surface area contributed by atoms with Crippen molar-refractivity contribution >= 4 is 29.7 Å². The molecule has 7 nitrogen and oxygen atoms in total. The Hall–Kier alpha value is -1.44. The predicted molar refractivity (Wildman–Crippen MR) is 72.2 cm³/mol. The zero-order valence-corrected chi connectivity index (χ0v) is 11.9. The highest BCUT2D eigenvalue weighted by Gasteiger charge is 2.19. The van der Waals surface area contributed by atoms with Gasteiger partial charge in [-0.2, -0.15) is 11.8 Å². The molecule has 8 heteroatoms. The summed E-state index contributed by atoms with van der Waals surface area (Å²) in [6, 6.07) is -1.52. The first-order chi connectivity index (χ1) is 9.01. The van der Waals surface area contributed by atoms with Crippen molar-refractivity contribution < 1.29 is 24.2 Å². The van der Waals surface area contributed by atoms with Gasteiger partial charge in [-0.1, -0.05) is 0 Å². The predicted octanol–water partition coefficient (Wildman–Crippen LogP) is 0.445. The summed E-state index contributed by atoms with van der Waals surface area (Å²) in [5, 5.41) is 13.7. The van der Waals surface area contributed by atoms with E-state index in [0.29, 0.717) is 18.8 Å². The zero-order chi connectivity index (χ0) is 14.7. The van der Waals surface area contributed by atoms with E-state index in [1.165, 1.54) is 11.8 Å². The lowest BCUT2D eigenvalue weighted by molar-refractivity contribution is -0.143. The van der Waals surface area contributed by atoms with Gasteiger partial charge in [-0.25, -0.2) is 9.59 Å². The van der Waals surface area contributed by atoms with Gasteiger partial charge in [0.25, 0.3) is 0 Å². The molecule has 0 aliphatic carbocycles. The van der Waals surface area contributed by atoms with Gasteiger partial charge in [0, 0.05) is 6.54 Å². The molecule has 0 aromatic heterocycles. The number of rotatable bonds is 9. The average Bonchev–Trinajstić information content (AvgIpc) is 2.34. The Morgan fingerprint density at radius 2 is 2.05 bits per heavy atom. The molecule has 2 amide bonds. The molecule has 0 saturated carbocycles. The maximum absolute atomic E-state index is 11.4. The van der Waals surface area contributed by atoms with Crippen LogP contribution in [0.2, 0.25) is 0 Å². The molecule has 0 radical (unpaired) electrons. The summed E-state index contributed by atoms with van der Waals surface area (Å²) in [6.45, 7) is 2.10. The number of esters is 1. The highest BCUT2D eigenvalue weighted by atomic mass is 32.2. The number of carbonyl (C=O) groups excluding carboxylic acids is 2. The molecule has 110 valence electrons. The van der Waals surface area contributed by atoms with Crippen LogP contribution in [0, 0.1) is 0 Å². The van der Waals surface area contributed by atoms with Gasteiger partial charge in [-0.3, -0.25) is 4.79 Å². The van der Waals surface area contributed by atoms with Crippen LogP contribution in [0.15, 0.2) is 0 Å². The van der Waals surface area contributed by atoms with Crippen LogP contribution in [0.3, 0.4) is 0 Å². The van der Waals surface area contributed by atoms with Crippen molar-refractivity contribution in [2.24, 2.45) is 0 Å². The van der Waals surface area contributed by atoms with E-state index >= 15 is 0 Å².